The van der Waals surface area contributed by atoms with E-state index in [0.717, 1.165) is 17.3 Å². The normalized spacial score (nSPS) is 14.9. The highest BCUT2D eigenvalue weighted by atomic mass is 32.2. The number of amidine groups is 1. The second kappa shape index (κ2) is 12.0. The van der Waals surface area contributed by atoms with Gasteiger partial charge in [-0.05, 0) is 71.9 Å². The molecular weight excluding hydrogens is 562 g/mol. The molecule has 212 valence electrons. The molecule has 0 aliphatic carbocycles. The van der Waals surface area contributed by atoms with Crippen LogP contribution in [0.5, 0.6) is 11.5 Å². The fourth-order valence-corrected chi connectivity index (χ4v) is 5.12. The molecule has 12 heteroatoms. The highest BCUT2D eigenvalue weighted by Crippen LogP contribution is 2.38. The van der Waals surface area contributed by atoms with Crippen molar-refractivity contribution in [1.29, 1.82) is 0 Å². The molecule has 1 saturated heterocycles. The van der Waals surface area contributed by atoms with E-state index in [1.807, 2.05) is 0 Å². The van der Waals surface area contributed by atoms with Crippen LogP contribution >= 0.6 is 11.8 Å². The SMILES string of the molecule is COc1ccc(N=C2S/C(=C\c3ccc(-c4cc([N+](=O)[O-])ccc4OC)o3)C(=O)N2Cc2ccc(C(=O)O)cc2)cc1. The van der Waals surface area contributed by atoms with Crippen LogP contribution in [0.1, 0.15) is 21.7 Å². The van der Waals surface area contributed by atoms with Crippen LogP contribution in [0, 0.1) is 10.1 Å². The summed E-state index contributed by atoms with van der Waals surface area (Å²) < 4.78 is 16.5. The largest absolute Gasteiger partial charge is 0.497 e. The van der Waals surface area contributed by atoms with Crippen LogP contribution < -0.4 is 9.47 Å². The van der Waals surface area contributed by atoms with Crippen LogP contribution in [0.25, 0.3) is 17.4 Å². The number of nitro groups is 1. The first-order valence-electron chi connectivity index (χ1n) is 12.4. The number of nitrogens with zero attached hydrogens (tertiary/aromatic N) is 3. The highest BCUT2D eigenvalue weighted by molar-refractivity contribution is 8.18. The number of carbonyl (C=O) groups excluding carboxylic acids is 1. The minimum absolute atomic E-state index is 0.116. The topological polar surface area (TPSA) is 145 Å². The van der Waals surface area contributed by atoms with Gasteiger partial charge in [0.2, 0.25) is 0 Å². The zero-order valence-electron chi connectivity index (χ0n) is 22.3. The quantitative estimate of drug-likeness (QED) is 0.134. The number of carbonyl (C=O) groups is 2. The van der Waals surface area contributed by atoms with Crippen LogP contribution in [0.3, 0.4) is 0 Å². The number of methoxy groups -OCH3 is 2. The molecule has 1 aliphatic rings. The molecule has 0 bridgehead atoms. The number of furan rings is 1. The van der Waals surface area contributed by atoms with Gasteiger partial charge in [0.05, 0.1) is 47.4 Å². The van der Waals surface area contributed by atoms with Crippen molar-refractivity contribution in [2.75, 3.05) is 14.2 Å². The van der Waals surface area contributed by atoms with Gasteiger partial charge in [0.25, 0.3) is 11.6 Å². The fourth-order valence-electron chi connectivity index (χ4n) is 4.14. The van der Waals surface area contributed by atoms with Crippen molar-refractivity contribution in [2.45, 2.75) is 6.54 Å². The minimum Gasteiger partial charge on any atom is -0.497 e. The molecular formula is C30H23N3O8S. The molecule has 1 aliphatic heterocycles. The molecule has 0 unspecified atom stereocenters. The molecule has 1 amide bonds. The summed E-state index contributed by atoms with van der Waals surface area (Å²) in [5.74, 6) is 0.391. The number of amides is 1. The zero-order valence-corrected chi connectivity index (χ0v) is 23.2. The van der Waals surface area contributed by atoms with E-state index >= 15 is 0 Å². The van der Waals surface area contributed by atoms with Crippen molar-refractivity contribution < 1.29 is 33.5 Å². The van der Waals surface area contributed by atoms with E-state index in [4.69, 9.17) is 13.9 Å². The minimum atomic E-state index is -1.04. The number of non-ortho nitro benzene ring substituents is 1. The van der Waals surface area contributed by atoms with Crippen molar-refractivity contribution >= 4 is 46.3 Å². The standard InChI is InChI=1S/C30H23N3O8S/c1-39-22-10-7-20(8-11-22)31-30-32(17-18-3-5-19(6-4-18)29(35)36)28(34)27(42-30)16-23-12-14-26(41-23)24-15-21(33(37)38)9-13-25(24)40-2/h3-16H,17H2,1-2H3,(H,35,36)/b27-16-,31-30?. The van der Waals surface area contributed by atoms with E-state index in [0.29, 0.717) is 44.3 Å². The number of rotatable bonds is 9. The first kappa shape index (κ1) is 28.2. The molecule has 4 aromatic rings. The van der Waals surface area contributed by atoms with Crippen LogP contribution in [0.2, 0.25) is 0 Å². The average Bonchev–Trinajstić information content (AvgIpc) is 3.58. The monoisotopic (exact) mass is 585 g/mol. The average molecular weight is 586 g/mol. The number of carboxylic acid groups (broad SMARTS) is 1. The molecule has 11 nitrogen and oxygen atoms in total. The number of carboxylic acids is 1. The number of aliphatic imine (C=N–C) groups is 1. The lowest BCUT2D eigenvalue weighted by molar-refractivity contribution is -0.384. The van der Waals surface area contributed by atoms with E-state index in [1.165, 1.54) is 42.3 Å². The predicted molar refractivity (Wildman–Crippen MR) is 157 cm³/mol. The molecule has 0 saturated carbocycles. The molecule has 1 fully saturated rings. The van der Waals surface area contributed by atoms with Crippen molar-refractivity contribution in [3.8, 4) is 22.8 Å². The molecule has 5 rings (SSSR count). The number of hydrogen-bond donors (Lipinski definition) is 1. The Morgan fingerprint density at radius 2 is 1.79 bits per heavy atom. The van der Waals surface area contributed by atoms with E-state index in [2.05, 4.69) is 4.99 Å². The maximum atomic E-state index is 13.6. The Hall–Kier alpha value is -5.36. The van der Waals surface area contributed by atoms with Gasteiger partial charge in [-0.25, -0.2) is 9.79 Å². The molecule has 0 atom stereocenters. The van der Waals surface area contributed by atoms with Crippen molar-refractivity contribution in [3.05, 3.63) is 111 Å². The molecule has 1 N–H and O–H groups in total. The summed E-state index contributed by atoms with van der Waals surface area (Å²) in [6, 6.07) is 20.8. The third-order valence-corrected chi connectivity index (χ3v) is 7.29. The number of benzene rings is 3. The van der Waals surface area contributed by atoms with Gasteiger partial charge in [-0.1, -0.05) is 12.1 Å². The first-order valence-corrected chi connectivity index (χ1v) is 13.3. The Morgan fingerprint density at radius 3 is 2.43 bits per heavy atom. The predicted octanol–water partition coefficient (Wildman–Crippen LogP) is 6.37. The maximum absolute atomic E-state index is 13.6. The number of aromatic carboxylic acids is 1. The molecule has 0 spiro atoms. The van der Waals surface area contributed by atoms with E-state index in [-0.39, 0.29) is 23.7 Å². The van der Waals surface area contributed by atoms with Gasteiger partial charge < -0.3 is 19.0 Å². The van der Waals surface area contributed by atoms with E-state index in [1.54, 1.807) is 61.7 Å². The Balaban J connectivity index is 1.47. The molecule has 3 aromatic carbocycles. The lowest BCUT2D eigenvalue weighted by Gasteiger charge is -2.16. The number of hydrogen-bond acceptors (Lipinski definition) is 9. The van der Waals surface area contributed by atoms with Crippen LogP contribution in [0.4, 0.5) is 11.4 Å². The number of thioether (sulfide) groups is 1. The summed E-state index contributed by atoms with van der Waals surface area (Å²) in [6.45, 7) is 0.159. The molecule has 42 heavy (non-hydrogen) atoms. The van der Waals surface area contributed by atoms with Crippen molar-refractivity contribution in [3.63, 3.8) is 0 Å². The molecule has 1 aromatic heterocycles. The molecule has 2 heterocycles. The van der Waals surface area contributed by atoms with Gasteiger partial charge >= 0.3 is 5.97 Å². The summed E-state index contributed by atoms with van der Waals surface area (Å²) in [7, 11) is 3.02. The maximum Gasteiger partial charge on any atom is 0.335 e. The van der Waals surface area contributed by atoms with Gasteiger partial charge in [-0.3, -0.25) is 19.8 Å². The summed E-state index contributed by atoms with van der Waals surface area (Å²) >= 11 is 1.16. The van der Waals surface area contributed by atoms with Gasteiger partial charge in [0.15, 0.2) is 5.17 Å². The first-order chi connectivity index (χ1) is 20.2. The number of nitro benzene ring substituents is 1. The van der Waals surface area contributed by atoms with E-state index < -0.39 is 10.9 Å². The lowest BCUT2D eigenvalue weighted by Crippen LogP contribution is -2.28. The van der Waals surface area contributed by atoms with Gasteiger partial charge in [0, 0.05) is 18.2 Å². The Bertz CT molecular complexity index is 1730. The number of ether oxygens (including phenoxy) is 2. The lowest BCUT2D eigenvalue weighted by atomic mass is 10.1. The van der Waals surface area contributed by atoms with Crippen molar-refractivity contribution in [2.24, 2.45) is 4.99 Å². The van der Waals surface area contributed by atoms with Crippen LogP contribution in [0.15, 0.2) is 93.2 Å². The fraction of sp³-hybridized carbons (Fsp3) is 0.100. The summed E-state index contributed by atoms with van der Waals surface area (Å²) in [5.41, 5.74) is 1.75. The second-order valence-corrected chi connectivity index (χ2v) is 9.95. The third-order valence-electron chi connectivity index (χ3n) is 6.29. The summed E-state index contributed by atoms with van der Waals surface area (Å²) in [5, 5.41) is 20.9. The Morgan fingerprint density at radius 1 is 1.05 bits per heavy atom. The van der Waals surface area contributed by atoms with Gasteiger partial charge in [-0.2, -0.15) is 0 Å². The zero-order chi connectivity index (χ0) is 29.8. The summed E-state index contributed by atoms with van der Waals surface area (Å²) in [6.07, 6.45) is 1.58. The van der Waals surface area contributed by atoms with Gasteiger partial charge in [-0.15, -0.1) is 0 Å². The smallest absolute Gasteiger partial charge is 0.335 e. The van der Waals surface area contributed by atoms with E-state index in [9.17, 15) is 24.8 Å². The van der Waals surface area contributed by atoms with Crippen molar-refractivity contribution in [1.82, 2.24) is 4.90 Å². The summed E-state index contributed by atoms with van der Waals surface area (Å²) in [4.78, 5) is 42.2. The molecule has 0 radical (unpaired) electrons. The third kappa shape index (κ3) is 6.03. The van der Waals surface area contributed by atoms with Crippen LogP contribution in [-0.4, -0.2) is 46.2 Å². The van der Waals surface area contributed by atoms with Gasteiger partial charge in [0.1, 0.15) is 23.0 Å². The Kier molecular flexibility index (Phi) is 8.07. The Labute approximate surface area is 243 Å². The highest BCUT2D eigenvalue weighted by Gasteiger charge is 2.34. The van der Waals surface area contributed by atoms with Crippen LogP contribution in [-0.2, 0) is 11.3 Å². The second-order valence-electron chi connectivity index (χ2n) is 8.94.